The zero-order chi connectivity index (χ0) is 17.6. The third-order valence-electron chi connectivity index (χ3n) is 4.25. The Morgan fingerprint density at radius 3 is 2.92 bits per heavy atom. The quantitative estimate of drug-likeness (QED) is 0.338. The molecule has 1 unspecified atom stereocenters. The summed E-state index contributed by atoms with van der Waals surface area (Å²) in [5, 5.41) is 8.11. The Hall–Kier alpha value is -0.870. The molecular weight excluding hydrogens is 525 g/mol. The average Bonchev–Trinajstić information content (AvgIpc) is 3.23. The average molecular weight is 550 g/mol. The van der Waals surface area contributed by atoms with E-state index in [0.29, 0.717) is 6.04 Å². The van der Waals surface area contributed by atoms with Crippen LogP contribution in [0.5, 0.6) is 0 Å². The molecule has 2 N–H and O–H groups in total. The van der Waals surface area contributed by atoms with Gasteiger partial charge in [0.2, 0.25) is 0 Å². The summed E-state index contributed by atoms with van der Waals surface area (Å²) < 4.78 is 1.15. The van der Waals surface area contributed by atoms with Crippen LogP contribution in [0.3, 0.4) is 0 Å². The Balaban J connectivity index is 0.00000243. The second-order valence-corrected chi connectivity index (χ2v) is 8.31. The molecule has 1 aromatic carbocycles. The van der Waals surface area contributed by atoms with Crippen LogP contribution in [0.25, 0.3) is 0 Å². The van der Waals surface area contributed by atoms with Crippen LogP contribution < -0.4 is 15.5 Å². The molecule has 8 heteroatoms. The number of aromatic nitrogens is 1. The van der Waals surface area contributed by atoms with Crippen molar-refractivity contribution in [2.24, 2.45) is 4.99 Å². The predicted molar refractivity (Wildman–Crippen MR) is 125 cm³/mol. The van der Waals surface area contributed by atoms with Crippen LogP contribution in [-0.4, -0.2) is 43.7 Å². The second-order valence-electron chi connectivity index (χ2n) is 6.14. The third-order valence-corrected chi connectivity index (χ3v) is 5.89. The minimum atomic E-state index is 0. The van der Waals surface area contributed by atoms with Crippen LogP contribution in [0.1, 0.15) is 16.3 Å². The molecule has 0 radical (unpaired) electrons. The first kappa shape index (κ1) is 21.4. The third kappa shape index (κ3) is 5.82. The van der Waals surface area contributed by atoms with E-state index >= 15 is 0 Å². The fourth-order valence-corrected chi connectivity index (χ4v) is 4.32. The Bertz CT molecular complexity index is 736. The molecule has 142 valence electrons. The lowest BCUT2D eigenvalue weighted by atomic mass is 10.2. The maximum atomic E-state index is 4.40. The zero-order valence-electron chi connectivity index (χ0n) is 15.0. The van der Waals surface area contributed by atoms with Gasteiger partial charge >= 0.3 is 0 Å². The summed E-state index contributed by atoms with van der Waals surface area (Å²) in [5.41, 5.74) is 1.26. The summed E-state index contributed by atoms with van der Waals surface area (Å²) >= 11 is 5.40. The highest BCUT2D eigenvalue weighted by molar-refractivity contribution is 14.0. The fraction of sp³-hybridized carbons (Fsp3) is 0.444. The number of guanidine groups is 1. The number of aliphatic imine (C=N–C) groups is 1. The van der Waals surface area contributed by atoms with E-state index in [4.69, 9.17) is 0 Å². The van der Waals surface area contributed by atoms with Gasteiger partial charge in [-0.05, 0) is 41.4 Å². The maximum Gasteiger partial charge on any atom is 0.191 e. The van der Waals surface area contributed by atoms with Gasteiger partial charge in [-0.1, -0.05) is 12.1 Å². The van der Waals surface area contributed by atoms with Crippen LogP contribution in [0.15, 0.2) is 39.9 Å². The van der Waals surface area contributed by atoms with Crippen molar-refractivity contribution in [2.75, 3.05) is 31.6 Å². The highest BCUT2D eigenvalue weighted by atomic mass is 127. The van der Waals surface area contributed by atoms with Crippen molar-refractivity contribution in [1.29, 1.82) is 0 Å². The van der Waals surface area contributed by atoms with E-state index in [1.807, 2.05) is 13.2 Å². The number of halogens is 2. The molecule has 3 rings (SSSR count). The van der Waals surface area contributed by atoms with Gasteiger partial charge in [-0.2, -0.15) is 0 Å². The molecular formula is C18H25BrIN5S. The maximum absolute atomic E-state index is 4.40. The lowest BCUT2D eigenvalue weighted by molar-refractivity contribution is 0.648. The lowest BCUT2D eigenvalue weighted by Gasteiger charge is -2.21. The molecule has 1 atom stereocenters. The van der Waals surface area contributed by atoms with Crippen molar-refractivity contribution in [3.8, 4) is 0 Å². The Morgan fingerprint density at radius 1 is 1.42 bits per heavy atom. The van der Waals surface area contributed by atoms with Gasteiger partial charge in [0.25, 0.3) is 0 Å². The smallest absolute Gasteiger partial charge is 0.191 e. The molecule has 0 amide bonds. The number of para-hydroxylation sites is 1. The molecule has 0 saturated carbocycles. The summed E-state index contributed by atoms with van der Waals surface area (Å²) in [4.78, 5) is 12.4. The molecule has 0 bridgehead atoms. The van der Waals surface area contributed by atoms with E-state index < -0.39 is 0 Å². The molecule has 2 aromatic rings. The van der Waals surface area contributed by atoms with Gasteiger partial charge in [0.1, 0.15) is 0 Å². The van der Waals surface area contributed by atoms with Crippen LogP contribution in [-0.2, 0) is 6.42 Å². The van der Waals surface area contributed by atoms with Gasteiger partial charge in [-0.3, -0.25) is 4.99 Å². The molecule has 0 aliphatic carbocycles. The summed E-state index contributed by atoms with van der Waals surface area (Å²) in [6, 6.07) is 8.80. The summed E-state index contributed by atoms with van der Waals surface area (Å²) in [6.07, 6.45) is 3.96. The predicted octanol–water partition coefficient (Wildman–Crippen LogP) is 3.82. The SMILES string of the molecule is CN=C(NCCc1ncc(C)s1)NC1CCN(c2ccccc2Br)C1.I. The minimum Gasteiger partial charge on any atom is -0.368 e. The van der Waals surface area contributed by atoms with Gasteiger partial charge in [-0.15, -0.1) is 35.3 Å². The molecule has 5 nitrogen and oxygen atoms in total. The topological polar surface area (TPSA) is 52.6 Å². The molecule has 1 aromatic heterocycles. The number of aryl methyl sites for hydroxylation is 1. The molecule has 1 aliphatic heterocycles. The number of thiazole rings is 1. The van der Waals surface area contributed by atoms with Crippen molar-refractivity contribution in [3.05, 3.63) is 44.8 Å². The summed E-state index contributed by atoms with van der Waals surface area (Å²) in [5.74, 6) is 0.868. The minimum absolute atomic E-state index is 0. The van der Waals surface area contributed by atoms with Gasteiger partial charge in [0.15, 0.2) is 5.96 Å². The van der Waals surface area contributed by atoms with E-state index in [-0.39, 0.29) is 24.0 Å². The van der Waals surface area contributed by atoms with E-state index in [1.165, 1.54) is 15.6 Å². The Labute approximate surface area is 184 Å². The van der Waals surface area contributed by atoms with E-state index in [9.17, 15) is 0 Å². The van der Waals surface area contributed by atoms with Crippen molar-refractivity contribution in [3.63, 3.8) is 0 Å². The van der Waals surface area contributed by atoms with Crippen molar-refractivity contribution in [2.45, 2.75) is 25.8 Å². The first-order chi connectivity index (χ1) is 12.2. The number of hydrogen-bond donors (Lipinski definition) is 2. The molecule has 1 aliphatic rings. The normalized spacial score (nSPS) is 17.1. The molecule has 26 heavy (non-hydrogen) atoms. The molecule has 0 spiro atoms. The molecule has 1 fully saturated rings. The fourth-order valence-electron chi connectivity index (χ4n) is 3.00. The summed E-state index contributed by atoms with van der Waals surface area (Å²) in [7, 11) is 1.82. The van der Waals surface area contributed by atoms with E-state index in [2.05, 4.69) is 72.6 Å². The zero-order valence-corrected chi connectivity index (χ0v) is 19.8. The largest absolute Gasteiger partial charge is 0.368 e. The highest BCUT2D eigenvalue weighted by Crippen LogP contribution is 2.28. The van der Waals surface area contributed by atoms with Crippen LogP contribution in [0, 0.1) is 6.92 Å². The number of anilines is 1. The molecule has 2 heterocycles. The Morgan fingerprint density at radius 2 is 2.23 bits per heavy atom. The second kappa shape index (κ2) is 10.5. The van der Waals surface area contributed by atoms with Crippen LogP contribution >= 0.6 is 51.2 Å². The number of hydrogen-bond acceptors (Lipinski definition) is 4. The van der Waals surface area contributed by atoms with Crippen molar-refractivity contribution >= 4 is 62.9 Å². The summed E-state index contributed by atoms with van der Waals surface area (Å²) in [6.45, 7) is 4.96. The van der Waals surface area contributed by atoms with Crippen LogP contribution in [0.4, 0.5) is 5.69 Å². The first-order valence-electron chi connectivity index (χ1n) is 8.53. The van der Waals surface area contributed by atoms with Crippen LogP contribution in [0.2, 0.25) is 0 Å². The highest BCUT2D eigenvalue weighted by Gasteiger charge is 2.24. The lowest BCUT2D eigenvalue weighted by Crippen LogP contribution is -2.45. The number of nitrogens with zero attached hydrogens (tertiary/aromatic N) is 3. The van der Waals surface area contributed by atoms with Gasteiger partial charge in [0, 0.05) is 54.7 Å². The number of nitrogens with one attached hydrogen (secondary N) is 2. The van der Waals surface area contributed by atoms with Gasteiger partial charge in [0.05, 0.1) is 10.7 Å². The van der Waals surface area contributed by atoms with E-state index in [0.717, 1.165) is 42.9 Å². The first-order valence-corrected chi connectivity index (χ1v) is 10.1. The van der Waals surface area contributed by atoms with Gasteiger partial charge in [-0.25, -0.2) is 4.98 Å². The monoisotopic (exact) mass is 549 g/mol. The van der Waals surface area contributed by atoms with Crippen molar-refractivity contribution in [1.82, 2.24) is 15.6 Å². The molecule has 1 saturated heterocycles. The van der Waals surface area contributed by atoms with Crippen molar-refractivity contribution < 1.29 is 0 Å². The van der Waals surface area contributed by atoms with Gasteiger partial charge < -0.3 is 15.5 Å². The number of rotatable bonds is 5. The number of benzene rings is 1. The Kier molecular flexibility index (Phi) is 8.62. The van der Waals surface area contributed by atoms with E-state index in [1.54, 1.807) is 11.3 Å². The standard InChI is InChI=1S/C18H24BrN5S.HI/c1-13-11-22-17(25-13)7-9-21-18(20-2)23-14-8-10-24(12-14)16-6-4-3-5-15(16)19;/h3-6,11,14H,7-10,12H2,1-2H3,(H2,20,21,23);1H.